The van der Waals surface area contributed by atoms with Gasteiger partial charge in [0, 0.05) is 17.1 Å². The molecule has 2 N–H and O–H groups in total. The molecule has 0 aliphatic heterocycles. The van der Waals surface area contributed by atoms with Gasteiger partial charge in [0.2, 0.25) is 0 Å². The average molecular weight is 332 g/mol. The summed E-state index contributed by atoms with van der Waals surface area (Å²) >= 11 is 0. The van der Waals surface area contributed by atoms with Crippen molar-refractivity contribution in [3.8, 4) is 0 Å². The van der Waals surface area contributed by atoms with E-state index < -0.39 is 23.7 Å². The highest BCUT2D eigenvalue weighted by molar-refractivity contribution is 5.94. The molecule has 2 aromatic rings. The number of fused-ring (bicyclic) bond motifs is 1. The van der Waals surface area contributed by atoms with Crippen LogP contribution in [0.3, 0.4) is 0 Å². The summed E-state index contributed by atoms with van der Waals surface area (Å²) in [6.45, 7) is 3.90. The van der Waals surface area contributed by atoms with Crippen molar-refractivity contribution < 1.29 is 18.7 Å². The standard InChI is InChI=1S/C17H20N2O5/c1-10(2)8-13(16(21)23-3)19-17(22)18-12-5-6-14-11(9-12)4-7-15(20)24-14/h4-7,9-10,13H,8H2,1-3H3,(H2,18,19,22)/t13-/m0/s1. The zero-order valence-electron chi connectivity index (χ0n) is 13.8. The molecule has 0 bridgehead atoms. The number of nitrogens with one attached hydrogen (secondary N) is 2. The number of hydrogen-bond donors (Lipinski definition) is 2. The third-order valence-electron chi connectivity index (χ3n) is 3.38. The minimum atomic E-state index is -0.714. The van der Waals surface area contributed by atoms with Gasteiger partial charge in [-0.1, -0.05) is 13.8 Å². The lowest BCUT2D eigenvalue weighted by molar-refractivity contribution is -0.143. The number of ether oxygens (including phenoxy) is 1. The van der Waals surface area contributed by atoms with Crippen molar-refractivity contribution in [2.45, 2.75) is 26.3 Å². The highest BCUT2D eigenvalue weighted by Gasteiger charge is 2.22. The predicted octanol–water partition coefficient (Wildman–Crippen LogP) is 2.50. The molecule has 24 heavy (non-hydrogen) atoms. The van der Waals surface area contributed by atoms with Gasteiger partial charge in [-0.05, 0) is 36.6 Å². The van der Waals surface area contributed by atoms with Gasteiger partial charge in [0.15, 0.2) is 0 Å². The van der Waals surface area contributed by atoms with Crippen LogP contribution >= 0.6 is 0 Å². The highest BCUT2D eigenvalue weighted by Crippen LogP contribution is 2.17. The minimum absolute atomic E-state index is 0.220. The first-order chi connectivity index (χ1) is 11.4. The Hall–Kier alpha value is -2.83. The van der Waals surface area contributed by atoms with E-state index in [-0.39, 0.29) is 5.92 Å². The van der Waals surface area contributed by atoms with E-state index >= 15 is 0 Å². The van der Waals surface area contributed by atoms with E-state index in [0.29, 0.717) is 23.1 Å². The number of anilines is 1. The van der Waals surface area contributed by atoms with Crippen molar-refractivity contribution >= 4 is 28.7 Å². The normalized spacial score (nSPS) is 12.0. The SMILES string of the molecule is COC(=O)[C@H](CC(C)C)NC(=O)Nc1ccc2oc(=O)ccc2c1. The van der Waals surface area contributed by atoms with Crippen LogP contribution in [0.25, 0.3) is 11.0 Å². The van der Waals surface area contributed by atoms with Crippen molar-refractivity contribution in [3.63, 3.8) is 0 Å². The Bertz CT molecular complexity index is 797. The molecule has 1 aromatic carbocycles. The maximum Gasteiger partial charge on any atom is 0.336 e. The lowest BCUT2D eigenvalue weighted by atomic mass is 10.0. The Balaban J connectivity index is 2.09. The molecular weight excluding hydrogens is 312 g/mol. The first-order valence-corrected chi connectivity index (χ1v) is 7.58. The van der Waals surface area contributed by atoms with Gasteiger partial charge < -0.3 is 19.8 Å². The molecule has 0 saturated heterocycles. The summed E-state index contributed by atoms with van der Waals surface area (Å²) in [5.74, 6) is -0.267. The predicted molar refractivity (Wildman–Crippen MR) is 89.9 cm³/mol. The Kier molecular flexibility index (Phi) is 5.57. The third-order valence-corrected chi connectivity index (χ3v) is 3.38. The van der Waals surface area contributed by atoms with Crippen LogP contribution < -0.4 is 16.3 Å². The highest BCUT2D eigenvalue weighted by atomic mass is 16.5. The van der Waals surface area contributed by atoms with Crippen LogP contribution in [0.15, 0.2) is 39.5 Å². The summed E-state index contributed by atoms with van der Waals surface area (Å²) in [6, 6.07) is 6.57. The first kappa shape index (κ1) is 17.5. The minimum Gasteiger partial charge on any atom is -0.467 e. The summed E-state index contributed by atoms with van der Waals surface area (Å²) in [5, 5.41) is 5.94. The number of amides is 2. The van der Waals surface area contributed by atoms with E-state index in [1.165, 1.54) is 13.2 Å². The number of methoxy groups -OCH3 is 1. The molecule has 0 unspecified atom stereocenters. The number of benzene rings is 1. The lowest BCUT2D eigenvalue weighted by Crippen LogP contribution is -2.44. The Morgan fingerprint density at radius 2 is 1.96 bits per heavy atom. The topological polar surface area (TPSA) is 97.6 Å². The number of urea groups is 1. The summed E-state index contributed by atoms with van der Waals surface area (Å²) in [5.41, 5.74) is 0.512. The zero-order valence-corrected chi connectivity index (χ0v) is 13.8. The van der Waals surface area contributed by atoms with Crippen molar-refractivity contribution in [2.24, 2.45) is 5.92 Å². The van der Waals surface area contributed by atoms with Crippen LogP contribution in [0, 0.1) is 5.92 Å². The van der Waals surface area contributed by atoms with Gasteiger partial charge in [0.25, 0.3) is 0 Å². The van der Waals surface area contributed by atoms with Gasteiger partial charge in [-0.15, -0.1) is 0 Å². The number of carbonyl (C=O) groups excluding carboxylic acids is 2. The quantitative estimate of drug-likeness (QED) is 0.647. The second-order valence-corrected chi connectivity index (χ2v) is 5.81. The fourth-order valence-corrected chi connectivity index (χ4v) is 2.30. The van der Waals surface area contributed by atoms with Gasteiger partial charge in [-0.25, -0.2) is 14.4 Å². The van der Waals surface area contributed by atoms with Crippen LogP contribution in [-0.4, -0.2) is 25.2 Å². The van der Waals surface area contributed by atoms with Crippen LogP contribution in [0.5, 0.6) is 0 Å². The molecule has 7 heteroatoms. The van der Waals surface area contributed by atoms with Gasteiger partial charge in [-0.3, -0.25) is 0 Å². The number of esters is 1. The maximum atomic E-state index is 12.1. The molecule has 7 nitrogen and oxygen atoms in total. The Morgan fingerprint density at radius 3 is 2.62 bits per heavy atom. The molecule has 0 saturated carbocycles. The van der Waals surface area contributed by atoms with Crippen molar-refractivity contribution in [1.82, 2.24) is 5.32 Å². The third kappa shape index (κ3) is 4.58. The van der Waals surface area contributed by atoms with Crippen LogP contribution in [0.2, 0.25) is 0 Å². The van der Waals surface area contributed by atoms with E-state index in [9.17, 15) is 14.4 Å². The molecule has 0 spiro atoms. The van der Waals surface area contributed by atoms with Crippen LogP contribution in [-0.2, 0) is 9.53 Å². The van der Waals surface area contributed by atoms with Gasteiger partial charge in [0.1, 0.15) is 11.6 Å². The number of hydrogen-bond acceptors (Lipinski definition) is 5. The Labute approximate surface area is 139 Å². The number of carbonyl (C=O) groups is 2. The monoisotopic (exact) mass is 332 g/mol. The zero-order chi connectivity index (χ0) is 17.7. The molecular formula is C17H20N2O5. The summed E-state index contributed by atoms with van der Waals surface area (Å²) < 4.78 is 9.74. The molecule has 0 fully saturated rings. The molecule has 1 aromatic heterocycles. The van der Waals surface area contributed by atoms with E-state index in [1.54, 1.807) is 24.3 Å². The smallest absolute Gasteiger partial charge is 0.336 e. The molecule has 1 atom stereocenters. The second kappa shape index (κ2) is 7.63. The lowest BCUT2D eigenvalue weighted by Gasteiger charge is -2.18. The van der Waals surface area contributed by atoms with Gasteiger partial charge >= 0.3 is 17.6 Å². The maximum absolute atomic E-state index is 12.1. The molecule has 0 aliphatic carbocycles. The largest absolute Gasteiger partial charge is 0.467 e. The first-order valence-electron chi connectivity index (χ1n) is 7.58. The fourth-order valence-electron chi connectivity index (χ4n) is 2.30. The summed E-state index contributed by atoms with van der Waals surface area (Å²) in [7, 11) is 1.28. The van der Waals surface area contributed by atoms with Crippen molar-refractivity contribution in [1.29, 1.82) is 0 Å². The molecule has 1 heterocycles. The fraction of sp³-hybridized carbons (Fsp3) is 0.353. The van der Waals surface area contributed by atoms with Crippen molar-refractivity contribution in [2.75, 3.05) is 12.4 Å². The number of rotatable bonds is 5. The van der Waals surface area contributed by atoms with E-state index in [1.807, 2.05) is 13.8 Å². The van der Waals surface area contributed by atoms with Gasteiger partial charge in [0.05, 0.1) is 7.11 Å². The van der Waals surface area contributed by atoms with E-state index in [4.69, 9.17) is 9.15 Å². The summed E-state index contributed by atoms with van der Waals surface area (Å²) in [6.07, 6.45) is 0.475. The second-order valence-electron chi connectivity index (χ2n) is 5.81. The van der Waals surface area contributed by atoms with Crippen LogP contribution in [0.1, 0.15) is 20.3 Å². The van der Waals surface area contributed by atoms with Crippen LogP contribution in [0.4, 0.5) is 10.5 Å². The summed E-state index contributed by atoms with van der Waals surface area (Å²) in [4.78, 5) is 35.0. The molecule has 0 aliphatic rings. The van der Waals surface area contributed by atoms with E-state index in [0.717, 1.165) is 0 Å². The Morgan fingerprint density at radius 1 is 1.21 bits per heavy atom. The van der Waals surface area contributed by atoms with E-state index in [2.05, 4.69) is 10.6 Å². The molecule has 2 rings (SSSR count). The molecule has 0 radical (unpaired) electrons. The molecule has 2 amide bonds. The van der Waals surface area contributed by atoms with Crippen molar-refractivity contribution in [3.05, 3.63) is 40.8 Å². The average Bonchev–Trinajstić information content (AvgIpc) is 2.53. The van der Waals surface area contributed by atoms with Gasteiger partial charge in [-0.2, -0.15) is 0 Å². The molecule has 128 valence electrons.